The fraction of sp³-hybridized carbons (Fsp3) is 0. The molecule has 5 rings (SSSR count). The fourth-order valence-electron chi connectivity index (χ4n) is 3.16. The van der Waals surface area contributed by atoms with E-state index in [1.165, 1.54) is 6.07 Å². The van der Waals surface area contributed by atoms with Gasteiger partial charge in [-0.15, -0.1) is 0 Å². The molecule has 0 spiro atoms. The summed E-state index contributed by atoms with van der Waals surface area (Å²) in [5, 5.41) is 9.14. The van der Waals surface area contributed by atoms with Crippen molar-refractivity contribution < 1.29 is 4.39 Å². The molecule has 0 aliphatic heterocycles. The van der Waals surface area contributed by atoms with Gasteiger partial charge in [0.1, 0.15) is 5.82 Å². The minimum Gasteiger partial charge on any atom is -0.361 e. The molecular formula is C20H12BrFN4. The molecule has 0 fully saturated rings. The fourth-order valence-corrected chi connectivity index (χ4v) is 3.50. The number of H-pyrrole nitrogens is 2. The van der Waals surface area contributed by atoms with E-state index in [1.807, 2.05) is 30.5 Å². The first-order valence-corrected chi connectivity index (χ1v) is 8.86. The van der Waals surface area contributed by atoms with Crippen LogP contribution in [0.3, 0.4) is 0 Å². The molecule has 2 aromatic carbocycles. The van der Waals surface area contributed by atoms with E-state index in [0.29, 0.717) is 21.4 Å². The molecule has 4 nitrogen and oxygen atoms in total. The van der Waals surface area contributed by atoms with Gasteiger partial charge < -0.3 is 4.98 Å². The zero-order chi connectivity index (χ0) is 17.7. The first-order chi connectivity index (χ1) is 12.7. The Labute approximate surface area is 156 Å². The highest BCUT2D eigenvalue weighted by molar-refractivity contribution is 9.10. The van der Waals surface area contributed by atoms with Gasteiger partial charge in [0.25, 0.3) is 0 Å². The third-order valence-corrected chi connectivity index (χ3v) is 4.96. The summed E-state index contributed by atoms with van der Waals surface area (Å²) in [6.07, 6.45) is 1.91. The van der Waals surface area contributed by atoms with Crippen molar-refractivity contribution >= 4 is 37.9 Å². The number of halogens is 2. The van der Waals surface area contributed by atoms with E-state index in [4.69, 9.17) is 0 Å². The van der Waals surface area contributed by atoms with Crippen molar-refractivity contribution in [3.63, 3.8) is 0 Å². The second-order valence-electron chi connectivity index (χ2n) is 6.07. The van der Waals surface area contributed by atoms with Crippen LogP contribution in [0.5, 0.6) is 0 Å². The molecule has 26 heavy (non-hydrogen) atoms. The summed E-state index contributed by atoms with van der Waals surface area (Å²) in [5.74, 6) is -0.314. The van der Waals surface area contributed by atoms with Gasteiger partial charge in [0, 0.05) is 32.7 Å². The molecule has 0 unspecified atom stereocenters. The molecule has 3 heterocycles. The van der Waals surface area contributed by atoms with E-state index < -0.39 is 0 Å². The highest BCUT2D eigenvalue weighted by Crippen LogP contribution is 2.31. The highest BCUT2D eigenvalue weighted by atomic mass is 79.9. The lowest BCUT2D eigenvalue weighted by atomic mass is 10.1. The number of benzene rings is 2. The molecule has 6 heteroatoms. The van der Waals surface area contributed by atoms with Gasteiger partial charge in [0.2, 0.25) is 0 Å². The summed E-state index contributed by atoms with van der Waals surface area (Å²) in [5.41, 5.74) is 4.54. The van der Waals surface area contributed by atoms with E-state index in [2.05, 4.69) is 48.2 Å². The number of aromatic nitrogens is 4. The lowest BCUT2D eigenvalue weighted by molar-refractivity contribution is 0.630. The van der Waals surface area contributed by atoms with Gasteiger partial charge in [-0.3, -0.25) is 5.10 Å². The molecule has 5 aromatic rings. The maximum Gasteiger partial charge on any atom is 0.182 e. The Bertz CT molecular complexity index is 1270. The minimum absolute atomic E-state index is 0.314. The number of aromatic amines is 2. The lowest BCUT2D eigenvalue weighted by Gasteiger charge is -2.03. The van der Waals surface area contributed by atoms with Gasteiger partial charge in [0.15, 0.2) is 5.65 Å². The molecular weight excluding hydrogens is 395 g/mol. The van der Waals surface area contributed by atoms with Crippen molar-refractivity contribution in [3.8, 4) is 22.5 Å². The largest absolute Gasteiger partial charge is 0.361 e. The van der Waals surface area contributed by atoms with Gasteiger partial charge >= 0.3 is 0 Å². The number of nitrogens with zero attached hydrogens (tertiary/aromatic N) is 2. The van der Waals surface area contributed by atoms with Crippen LogP contribution in [0.1, 0.15) is 0 Å². The first-order valence-electron chi connectivity index (χ1n) is 8.07. The lowest BCUT2D eigenvalue weighted by Crippen LogP contribution is -1.86. The first kappa shape index (κ1) is 15.3. The molecule has 0 radical (unpaired) electrons. The molecule has 0 saturated carbocycles. The molecule has 2 N–H and O–H groups in total. The van der Waals surface area contributed by atoms with Crippen molar-refractivity contribution in [2.75, 3.05) is 0 Å². The van der Waals surface area contributed by atoms with Gasteiger partial charge in [-0.05, 0) is 47.9 Å². The molecule has 126 valence electrons. The SMILES string of the molecule is Fc1cc(Br)ccc1-c1[nH]nc2nc(-c3ccc4cc[nH]c4c3)ccc12. The van der Waals surface area contributed by atoms with Gasteiger partial charge in [-0.1, -0.05) is 28.1 Å². The average Bonchev–Trinajstić information content (AvgIpc) is 3.27. The second-order valence-corrected chi connectivity index (χ2v) is 6.99. The predicted octanol–water partition coefficient (Wildman–Crippen LogP) is 5.67. The van der Waals surface area contributed by atoms with Crippen LogP contribution in [0, 0.1) is 5.82 Å². The molecule has 0 aliphatic carbocycles. The number of nitrogens with one attached hydrogen (secondary N) is 2. The van der Waals surface area contributed by atoms with Gasteiger partial charge in [0.05, 0.1) is 11.4 Å². The van der Waals surface area contributed by atoms with Crippen molar-refractivity contribution in [2.24, 2.45) is 0 Å². The van der Waals surface area contributed by atoms with Gasteiger partial charge in [-0.2, -0.15) is 5.10 Å². The van der Waals surface area contributed by atoms with Crippen LogP contribution >= 0.6 is 15.9 Å². The third-order valence-electron chi connectivity index (χ3n) is 4.47. The molecule has 0 saturated heterocycles. The quantitative estimate of drug-likeness (QED) is 0.396. The monoisotopic (exact) mass is 406 g/mol. The van der Waals surface area contributed by atoms with E-state index in [1.54, 1.807) is 12.1 Å². The normalized spacial score (nSPS) is 11.5. The minimum atomic E-state index is -0.314. The number of hydrogen-bond donors (Lipinski definition) is 2. The van der Waals surface area contributed by atoms with Crippen molar-refractivity contribution in [1.29, 1.82) is 0 Å². The summed E-state index contributed by atoms with van der Waals surface area (Å²) >= 11 is 3.28. The number of fused-ring (bicyclic) bond motifs is 2. The zero-order valence-corrected chi connectivity index (χ0v) is 15.0. The predicted molar refractivity (Wildman–Crippen MR) is 104 cm³/mol. The molecule has 0 aliphatic rings. The van der Waals surface area contributed by atoms with E-state index in [0.717, 1.165) is 27.5 Å². The Hall–Kier alpha value is -2.99. The number of hydrogen-bond acceptors (Lipinski definition) is 2. The van der Waals surface area contributed by atoms with Crippen molar-refractivity contribution in [3.05, 3.63) is 71.1 Å². The Morgan fingerprint density at radius 2 is 1.88 bits per heavy atom. The average molecular weight is 407 g/mol. The molecule has 0 atom stereocenters. The van der Waals surface area contributed by atoms with Crippen LogP contribution in [-0.2, 0) is 0 Å². The van der Waals surface area contributed by atoms with Crippen molar-refractivity contribution in [1.82, 2.24) is 20.2 Å². The third kappa shape index (κ3) is 2.42. The topological polar surface area (TPSA) is 57.4 Å². The van der Waals surface area contributed by atoms with E-state index in [-0.39, 0.29) is 5.82 Å². The molecule has 0 amide bonds. The van der Waals surface area contributed by atoms with E-state index in [9.17, 15) is 4.39 Å². The summed E-state index contributed by atoms with van der Waals surface area (Å²) < 4.78 is 15.0. The summed E-state index contributed by atoms with van der Waals surface area (Å²) in [6.45, 7) is 0. The maximum absolute atomic E-state index is 14.3. The number of rotatable bonds is 2. The Balaban J connectivity index is 1.63. The van der Waals surface area contributed by atoms with Crippen molar-refractivity contribution in [2.45, 2.75) is 0 Å². The van der Waals surface area contributed by atoms with Crippen LogP contribution < -0.4 is 0 Å². The summed E-state index contributed by atoms with van der Waals surface area (Å²) in [6, 6.07) is 17.0. The van der Waals surface area contributed by atoms with Crippen LogP contribution in [-0.4, -0.2) is 20.2 Å². The smallest absolute Gasteiger partial charge is 0.182 e. The Kier molecular flexibility index (Phi) is 3.39. The van der Waals surface area contributed by atoms with E-state index >= 15 is 0 Å². The highest BCUT2D eigenvalue weighted by Gasteiger charge is 2.14. The standard InChI is InChI=1S/C20H12BrFN4/c21-13-3-4-14(16(22)10-13)19-15-5-6-17(24-20(15)26-25-19)12-2-1-11-7-8-23-18(11)9-12/h1-10,23H,(H,24,25,26). The second kappa shape index (κ2) is 5.78. The van der Waals surface area contributed by atoms with Gasteiger partial charge in [-0.25, -0.2) is 9.37 Å². The Morgan fingerprint density at radius 3 is 2.77 bits per heavy atom. The number of pyridine rings is 1. The van der Waals surface area contributed by atoms with Crippen LogP contribution in [0.2, 0.25) is 0 Å². The van der Waals surface area contributed by atoms with Crippen LogP contribution in [0.4, 0.5) is 4.39 Å². The zero-order valence-electron chi connectivity index (χ0n) is 13.4. The molecule has 0 bridgehead atoms. The summed E-state index contributed by atoms with van der Waals surface area (Å²) in [4.78, 5) is 7.85. The summed E-state index contributed by atoms with van der Waals surface area (Å²) in [7, 11) is 0. The Morgan fingerprint density at radius 1 is 0.962 bits per heavy atom. The molecule has 3 aromatic heterocycles. The maximum atomic E-state index is 14.3. The van der Waals surface area contributed by atoms with Crippen LogP contribution in [0.25, 0.3) is 44.5 Å². The van der Waals surface area contributed by atoms with Crippen LogP contribution in [0.15, 0.2) is 65.3 Å².